The summed E-state index contributed by atoms with van der Waals surface area (Å²) in [6, 6.07) is 10.0. The number of aryl methyl sites for hydroxylation is 1. The number of carbonyl (C=O) groups is 2. The number of amides is 1. The summed E-state index contributed by atoms with van der Waals surface area (Å²) >= 11 is 0. The number of nitrogens with two attached hydrogens (primary N) is 1. The van der Waals surface area contributed by atoms with Gasteiger partial charge in [-0.3, -0.25) is 19.4 Å². The summed E-state index contributed by atoms with van der Waals surface area (Å²) in [7, 11) is 1.88. The number of carbonyl (C=O) groups excluding carboxylic acids is 2. The molecule has 0 spiro atoms. The SMILES string of the molecule is CNCc1ccc(C(N)=CC(=O)c2nc(-c3ccc(=O)n(C(C)C(=O)N4CCCC4)c3)cnc2C)cc1. The highest BCUT2D eigenvalue weighted by Crippen LogP contribution is 2.21. The van der Waals surface area contributed by atoms with Gasteiger partial charge in [0.25, 0.3) is 5.56 Å². The van der Waals surface area contributed by atoms with Gasteiger partial charge < -0.3 is 20.5 Å². The molecular formula is C28H32N6O3. The van der Waals surface area contributed by atoms with Crippen LogP contribution in [0.15, 0.2) is 59.7 Å². The Hall–Kier alpha value is -4.11. The Morgan fingerprint density at radius 1 is 1.14 bits per heavy atom. The van der Waals surface area contributed by atoms with Gasteiger partial charge in [-0.25, -0.2) is 4.98 Å². The maximum absolute atomic E-state index is 13.1. The molecule has 4 rings (SSSR count). The van der Waals surface area contributed by atoms with Gasteiger partial charge >= 0.3 is 0 Å². The number of likely N-dealkylation sites (tertiary alicyclic amines) is 1. The van der Waals surface area contributed by atoms with Crippen LogP contribution < -0.4 is 16.6 Å². The van der Waals surface area contributed by atoms with Crippen molar-refractivity contribution >= 4 is 17.4 Å². The van der Waals surface area contributed by atoms with Crippen LogP contribution in [0.2, 0.25) is 0 Å². The van der Waals surface area contributed by atoms with Gasteiger partial charge in [0.1, 0.15) is 11.7 Å². The molecule has 9 nitrogen and oxygen atoms in total. The molecule has 3 heterocycles. The summed E-state index contributed by atoms with van der Waals surface area (Å²) in [4.78, 5) is 49.3. The number of rotatable bonds is 8. The van der Waals surface area contributed by atoms with Gasteiger partial charge in [0.2, 0.25) is 11.7 Å². The second-order valence-electron chi connectivity index (χ2n) is 9.25. The summed E-state index contributed by atoms with van der Waals surface area (Å²) < 4.78 is 1.41. The molecule has 192 valence electrons. The minimum Gasteiger partial charge on any atom is -0.398 e. The number of nitrogens with one attached hydrogen (secondary N) is 1. The Labute approximate surface area is 216 Å². The third kappa shape index (κ3) is 5.83. The minimum atomic E-state index is -0.646. The molecule has 0 bridgehead atoms. The Balaban J connectivity index is 1.60. The maximum atomic E-state index is 13.1. The molecule has 1 saturated heterocycles. The lowest BCUT2D eigenvalue weighted by Gasteiger charge is -2.22. The fourth-order valence-electron chi connectivity index (χ4n) is 4.41. The Kier molecular flexibility index (Phi) is 7.93. The zero-order valence-corrected chi connectivity index (χ0v) is 21.4. The molecule has 1 aromatic carbocycles. The van der Waals surface area contributed by atoms with Gasteiger partial charge in [-0.2, -0.15) is 0 Å². The van der Waals surface area contributed by atoms with Crippen LogP contribution in [0, 0.1) is 6.92 Å². The summed E-state index contributed by atoms with van der Waals surface area (Å²) in [5, 5.41) is 3.09. The highest BCUT2D eigenvalue weighted by atomic mass is 16.2. The number of hydrogen-bond donors (Lipinski definition) is 2. The predicted molar refractivity (Wildman–Crippen MR) is 143 cm³/mol. The van der Waals surface area contributed by atoms with Gasteiger partial charge in [-0.15, -0.1) is 0 Å². The van der Waals surface area contributed by atoms with Crippen LogP contribution in [0.5, 0.6) is 0 Å². The normalized spacial score (nSPS) is 14.6. The Bertz CT molecular complexity index is 1390. The van der Waals surface area contributed by atoms with E-state index in [4.69, 9.17) is 5.73 Å². The lowest BCUT2D eigenvalue weighted by Crippen LogP contribution is -2.37. The fourth-order valence-corrected chi connectivity index (χ4v) is 4.41. The first kappa shape index (κ1) is 26.0. The minimum absolute atomic E-state index is 0.0813. The average molecular weight is 501 g/mol. The molecule has 1 unspecified atom stereocenters. The second-order valence-corrected chi connectivity index (χ2v) is 9.25. The molecule has 1 amide bonds. The van der Waals surface area contributed by atoms with Crippen LogP contribution >= 0.6 is 0 Å². The second kappa shape index (κ2) is 11.3. The number of allylic oxidation sites excluding steroid dienone is 1. The lowest BCUT2D eigenvalue weighted by molar-refractivity contribution is -0.133. The molecule has 1 atom stereocenters. The number of aromatic nitrogens is 3. The van der Waals surface area contributed by atoms with Gasteiger partial charge in [0, 0.05) is 49.2 Å². The van der Waals surface area contributed by atoms with Crippen molar-refractivity contribution in [2.75, 3.05) is 20.1 Å². The lowest BCUT2D eigenvalue weighted by atomic mass is 10.1. The van der Waals surface area contributed by atoms with E-state index in [0.29, 0.717) is 35.7 Å². The van der Waals surface area contributed by atoms with Crippen LogP contribution in [0.4, 0.5) is 0 Å². The van der Waals surface area contributed by atoms with E-state index in [9.17, 15) is 14.4 Å². The number of benzene rings is 1. The number of hydrogen-bond acceptors (Lipinski definition) is 7. The molecule has 1 aliphatic heterocycles. The van der Waals surface area contributed by atoms with Crippen molar-refractivity contribution < 1.29 is 9.59 Å². The molecule has 3 N–H and O–H groups in total. The predicted octanol–water partition coefficient (Wildman–Crippen LogP) is 2.70. The van der Waals surface area contributed by atoms with Gasteiger partial charge in [-0.05, 0) is 50.9 Å². The summed E-state index contributed by atoms with van der Waals surface area (Å²) in [6.07, 6.45) is 6.46. The number of pyridine rings is 1. The van der Waals surface area contributed by atoms with Gasteiger partial charge in [0.05, 0.1) is 17.6 Å². The number of ketones is 1. The van der Waals surface area contributed by atoms with Crippen molar-refractivity contribution in [3.05, 3.63) is 87.7 Å². The van der Waals surface area contributed by atoms with E-state index in [2.05, 4.69) is 15.3 Å². The third-order valence-electron chi connectivity index (χ3n) is 6.57. The third-order valence-corrected chi connectivity index (χ3v) is 6.57. The highest BCUT2D eigenvalue weighted by molar-refractivity contribution is 6.07. The van der Waals surface area contributed by atoms with Crippen molar-refractivity contribution in [3.63, 3.8) is 0 Å². The van der Waals surface area contributed by atoms with E-state index in [0.717, 1.165) is 30.5 Å². The van der Waals surface area contributed by atoms with Gasteiger partial charge in [-0.1, -0.05) is 24.3 Å². The van der Waals surface area contributed by atoms with Crippen LogP contribution in [0.3, 0.4) is 0 Å². The molecule has 2 aromatic heterocycles. The largest absolute Gasteiger partial charge is 0.398 e. The first-order chi connectivity index (χ1) is 17.8. The van der Waals surface area contributed by atoms with E-state index in [1.165, 1.54) is 16.7 Å². The molecule has 1 aliphatic rings. The van der Waals surface area contributed by atoms with Crippen LogP contribution in [0.25, 0.3) is 17.0 Å². The summed E-state index contributed by atoms with van der Waals surface area (Å²) in [6.45, 7) is 5.59. The van der Waals surface area contributed by atoms with Crippen molar-refractivity contribution in [2.24, 2.45) is 5.73 Å². The van der Waals surface area contributed by atoms with Crippen molar-refractivity contribution in [3.8, 4) is 11.3 Å². The maximum Gasteiger partial charge on any atom is 0.251 e. The molecular weight excluding hydrogens is 468 g/mol. The zero-order valence-electron chi connectivity index (χ0n) is 21.4. The topological polar surface area (TPSA) is 123 Å². The smallest absolute Gasteiger partial charge is 0.251 e. The average Bonchev–Trinajstić information content (AvgIpc) is 3.44. The van der Waals surface area contributed by atoms with Crippen molar-refractivity contribution in [2.45, 2.75) is 39.3 Å². The fraction of sp³-hybridized carbons (Fsp3) is 0.321. The Morgan fingerprint density at radius 2 is 1.84 bits per heavy atom. The van der Waals surface area contributed by atoms with Crippen LogP contribution in [0.1, 0.15) is 53.1 Å². The monoisotopic (exact) mass is 500 g/mol. The molecule has 9 heteroatoms. The molecule has 0 radical (unpaired) electrons. The van der Waals surface area contributed by atoms with Crippen LogP contribution in [-0.2, 0) is 11.3 Å². The Morgan fingerprint density at radius 3 is 2.51 bits per heavy atom. The number of nitrogens with zero attached hydrogens (tertiary/aromatic N) is 4. The van der Waals surface area contributed by atoms with E-state index in [1.54, 1.807) is 37.2 Å². The van der Waals surface area contributed by atoms with E-state index >= 15 is 0 Å². The molecule has 3 aromatic rings. The molecule has 0 aliphatic carbocycles. The van der Waals surface area contributed by atoms with Crippen molar-refractivity contribution in [1.82, 2.24) is 24.8 Å². The first-order valence-corrected chi connectivity index (χ1v) is 12.4. The molecule has 37 heavy (non-hydrogen) atoms. The first-order valence-electron chi connectivity index (χ1n) is 12.4. The van der Waals surface area contributed by atoms with Crippen LogP contribution in [-0.4, -0.2) is 51.3 Å². The van der Waals surface area contributed by atoms with E-state index in [-0.39, 0.29) is 22.9 Å². The standard InChI is InChI=1S/C28H32N6O3/c1-18-27(25(35)14-23(29)21-8-6-20(7-9-21)15-30-3)32-24(16-31-18)22-10-11-26(36)34(17-22)19(2)28(37)33-12-4-5-13-33/h6-11,14,16-17,19,30H,4-5,12-13,15,29H2,1-3H3. The van der Waals surface area contributed by atoms with Gasteiger partial charge in [0.15, 0.2) is 0 Å². The van der Waals surface area contributed by atoms with E-state index < -0.39 is 6.04 Å². The van der Waals surface area contributed by atoms with Crippen molar-refractivity contribution in [1.29, 1.82) is 0 Å². The zero-order chi connectivity index (χ0) is 26.5. The summed E-state index contributed by atoms with van der Waals surface area (Å²) in [5.74, 6) is -0.447. The summed E-state index contributed by atoms with van der Waals surface area (Å²) in [5.41, 5.74) is 9.74. The highest BCUT2D eigenvalue weighted by Gasteiger charge is 2.25. The van der Waals surface area contributed by atoms with E-state index in [1.807, 2.05) is 31.3 Å². The molecule has 0 saturated carbocycles. The molecule has 1 fully saturated rings. The quantitative estimate of drug-likeness (QED) is 0.360.